The lowest BCUT2D eigenvalue weighted by atomic mass is 10.0. The van der Waals surface area contributed by atoms with Crippen molar-refractivity contribution in [2.45, 2.75) is 12.8 Å². The molecule has 0 saturated heterocycles. The molecule has 1 aromatic heterocycles. The Morgan fingerprint density at radius 3 is 2.88 bits per heavy atom. The fraction of sp³-hybridized carbons (Fsp3) is 0.300. The number of nitrogens with zero attached hydrogens (tertiary/aromatic N) is 2. The van der Waals surface area contributed by atoms with Gasteiger partial charge in [0.25, 0.3) is 6.43 Å². The van der Waals surface area contributed by atoms with E-state index in [1.807, 2.05) is 0 Å². The number of halogens is 2. The van der Waals surface area contributed by atoms with Crippen LogP contribution in [0.15, 0.2) is 12.3 Å². The molecule has 0 aliphatic carbocycles. The number of methoxy groups -OCH3 is 1. The molecule has 0 unspecified atom stereocenters. The van der Waals surface area contributed by atoms with E-state index < -0.39 is 18.1 Å². The molecule has 0 aromatic carbocycles. The average Bonchev–Trinajstić information content (AvgIpc) is 2.28. The molecule has 16 heavy (non-hydrogen) atoms. The average molecular weight is 226 g/mol. The third kappa shape index (κ3) is 2.51. The number of esters is 1. The van der Waals surface area contributed by atoms with E-state index in [0.29, 0.717) is 0 Å². The van der Waals surface area contributed by atoms with Crippen molar-refractivity contribution in [1.82, 2.24) is 4.98 Å². The zero-order valence-corrected chi connectivity index (χ0v) is 8.41. The van der Waals surface area contributed by atoms with Gasteiger partial charge < -0.3 is 4.74 Å². The van der Waals surface area contributed by atoms with Crippen LogP contribution >= 0.6 is 0 Å². The van der Waals surface area contributed by atoms with Gasteiger partial charge in [0.2, 0.25) is 0 Å². The van der Waals surface area contributed by atoms with Gasteiger partial charge in [-0.15, -0.1) is 0 Å². The highest BCUT2D eigenvalue weighted by atomic mass is 19.3. The summed E-state index contributed by atoms with van der Waals surface area (Å²) in [5, 5.41) is 8.76. The monoisotopic (exact) mass is 226 g/mol. The van der Waals surface area contributed by atoms with Gasteiger partial charge >= 0.3 is 5.97 Å². The third-order valence-corrected chi connectivity index (χ3v) is 1.95. The van der Waals surface area contributed by atoms with Crippen molar-refractivity contribution in [3.8, 4) is 6.07 Å². The lowest BCUT2D eigenvalue weighted by Gasteiger charge is -2.06. The van der Waals surface area contributed by atoms with Crippen LogP contribution in [0.25, 0.3) is 0 Å². The molecule has 0 saturated carbocycles. The van der Waals surface area contributed by atoms with Crippen LogP contribution in [-0.4, -0.2) is 18.1 Å². The normalized spacial score (nSPS) is 9.94. The summed E-state index contributed by atoms with van der Waals surface area (Å²) in [5.74, 6) is -0.595. The minimum Gasteiger partial charge on any atom is -0.469 e. The van der Waals surface area contributed by atoms with Crippen LogP contribution in [0.1, 0.15) is 23.2 Å². The Labute approximate surface area is 90.5 Å². The number of carbonyl (C=O) groups excluding carboxylic acids is 1. The van der Waals surface area contributed by atoms with Gasteiger partial charge in [-0.3, -0.25) is 9.78 Å². The number of ether oxygens (including phenoxy) is 1. The molecule has 6 heteroatoms. The largest absolute Gasteiger partial charge is 0.469 e. The standard InChI is InChI=1S/C10H8F2N2O2/c1-16-8(15)4-6-2-3-14-9(10(11)12)7(6)5-13/h2-3,10H,4H2,1H3. The molecule has 1 aromatic rings. The SMILES string of the molecule is COC(=O)Cc1ccnc(C(F)F)c1C#N. The maximum absolute atomic E-state index is 12.5. The molecule has 0 fully saturated rings. The summed E-state index contributed by atoms with van der Waals surface area (Å²) in [6.07, 6.45) is -1.92. The van der Waals surface area contributed by atoms with E-state index in [1.165, 1.54) is 13.2 Å². The Kier molecular flexibility index (Phi) is 3.89. The Balaban J connectivity index is 3.15. The van der Waals surface area contributed by atoms with Gasteiger partial charge in [0.15, 0.2) is 0 Å². The van der Waals surface area contributed by atoms with E-state index in [9.17, 15) is 13.6 Å². The number of hydrogen-bond donors (Lipinski definition) is 0. The second-order valence-electron chi connectivity index (χ2n) is 2.90. The van der Waals surface area contributed by atoms with Crippen molar-refractivity contribution in [2.24, 2.45) is 0 Å². The van der Waals surface area contributed by atoms with Crippen molar-refractivity contribution in [3.63, 3.8) is 0 Å². The highest BCUT2D eigenvalue weighted by molar-refractivity contribution is 5.73. The number of hydrogen-bond acceptors (Lipinski definition) is 4. The van der Waals surface area contributed by atoms with Gasteiger partial charge in [0.05, 0.1) is 19.1 Å². The first kappa shape index (κ1) is 12.0. The highest BCUT2D eigenvalue weighted by Gasteiger charge is 2.19. The molecule has 0 spiro atoms. The Morgan fingerprint density at radius 1 is 1.69 bits per heavy atom. The first-order valence-corrected chi connectivity index (χ1v) is 4.33. The summed E-state index contributed by atoms with van der Waals surface area (Å²) in [7, 11) is 1.18. The number of pyridine rings is 1. The summed E-state index contributed by atoms with van der Waals surface area (Å²) in [5.41, 5.74) is -0.675. The van der Waals surface area contributed by atoms with Crippen molar-refractivity contribution in [1.29, 1.82) is 5.26 Å². The van der Waals surface area contributed by atoms with Crippen LogP contribution in [0.3, 0.4) is 0 Å². The Bertz CT molecular complexity index is 441. The molecule has 1 heterocycles. The van der Waals surface area contributed by atoms with E-state index in [0.717, 1.165) is 6.20 Å². The van der Waals surface area contributed by atoms with Crippen molar-refractivity contribution in [3.05, 3.63) is 29.1 Å². The molecule has 1 rings (SSSR count). The summed E-state index contributed by atoms with van der Waals surface area (Å²) >= 11 is 0. The van der Waals surface area contributed by atoms with E-state index in [-0.39, 0.29) is 17.5 Å². The zero-order chi connectivity index (χ0) is 12.1. The molecule has 84 valence electrons. The molecule has 0 atom stereocenters. The van der Waals surface area contributed by atoms with Gasteiger partial charge in [-0.25, -0.2) is 8.78 Å². The topological polar surface area (TPSA) is 63.0 Å². The lowest BCUT2D eigenvalue weighted by molar-refractivity contribution is -0.139. The van der Waals surface area contributed by atoms with Gasteiger partial charge in [-0.05, 0) is 11.6 Å². The van der Waals surface area contributed by atoms with Gasteiger partial charge in [-0.2, -0.15) is 5.26 Å². The number of aromatic nitrogens is 1. The second-order valence-corrected chi connectivity index (χ2v) is 2.90. The van der Waals surface area contributed by atoms with E-state index in [2.05, 4.69) is 9.72 Å². The number of carbonyl (C=O) groups is 1. The number of nitriles is 1. The summed E-state index contributed by atoms with van der Waals surface area (Å²) in [6.45, 7) is 0. The summed E-state index contributed by atoms with van der Waals surface area (Å²) in [4.78, 5) is 14.4. The maximum Gasteiger partial charge on any atom is 0.310 e. The van der Waals surface area contributed by atoms with Crippen LogP contribution in [0.5, 0.6) is 0 Å². The minimum atomic E-state index is -2.84. The van der Waals surface area contributed by atoms with Crippen LogP contribution in [0, 0.1) is 11.3 Å². The molecule has 0 aliphatic heterocycles. The molecule has 0 aliphatic rings. The highest BCUT2D eigenvalue weighted by Crippen LogP contribution is 2.22. The van der Waals surface area contributed by atoms with Gasteiger partial charge in [0, 0.05) is 6.20 Å². The predicted molar refractivity (Wildman–Crippen MR) is 49.6 cm³/mol. The maximum atomic E-state index is 12.5. The third-order valence-electron chi connectivity index (χ3n) is 1.95. The minimum absolute atomic E-state index is 0.194. The molecular formula is C10H8F2N2O2. The van der Waals surface area contributed by atoms with Crippen LogP contribution in [0.4, 0.5) is 8.78 Å². The first-order valence-electron chi connectivity index (χ1n) is 4.33. The molecule has 0 N–H and O–H groups in total. The Morgan fingerprint density at radius 2 is 2.38 bits per heavy atom. The number of alkyl halides is 2. The second kappa shape index (κ2) is 5.16. The van der Waals surface area contributed by atoms with Crippen LogP contribution in [0.2, 0.25) is 0 Å². The van der Waals surface area contributed by atoms with Crippen molar-refractivity contribution < 1.29 is 18.3 Å². The zero-order valence-electron chi connectivity index (χ0n) is 8.41. The quantitative estimate of drug-likeness (QED) is 0.734. The smallest absolute Gasteiger partial charge is 0.310 e. The van der Waals surface area contributed by atoms with Gasteiger partial charge in [0.1, 0.15) is 11.8 Å². The predicted octanol–water partition coefficient (Wildman–Crippen LogP) is 1.61. The molecule has 4 nitrogen and oxygen atoms in total. The molecule has 0 amide bonds. The van der Waals surface area contributed by atoms with E-state index in [4.69, 9.17) is 5.26 Å². The van der Waals surface area contributed by atoms with E-state index >= 15 is 0 Å². The van der Waals surface area contributed by atoms with E-state index in [1.54, 1.807) is 6.07 Å². The first-order chi connectivity index (χ1) is 7.60. The lowest BCUT2D eigenvalue weighted by Crippen LogP contribution is -2.08. The fourth-order valence-corrected chi connectivity index (χ4v) is 1.19. The van der Waals surface area contributed by atoms with Crippen LogP contribution in [-0.2, 0) is 16.0 Å². The number of rotatable bonds is 3. The summed E-state index contributed by atoms with van der Waals surface area (Å²) < 4.78 is 29.4. The Hall–Kier alpha value is -2.03. The van der Waals surface area contributed by atoms with Crippen molar-refractivity contribution >= 4 is 5.97 Å². The van der Waals surface area contributed by atoms with Crippen molar-refractivity contribution in [2.75, 3.05) is 7.11 Å². The van der Waals surface area contributed by atoms with Gasteiger partial charge in [-0.1, -0.05) is 0 Å². The van der Waals surface area contributed by atoms with Crippen LogP contribution < -0.4 is 0 Å². The fourth-order valence-electron chi connectivity index (χ4n) is 1.19. The molecular weight excluding hydrogens is 218 g/mol. The summed E-state index contributed by atoms with van der Waals surface area (Å²) in [6, 6.07) is 2.97. The molecule has 0 bridgehead atoms. The molecule has 0 radical (unpaired) electrons.